The number of fused-ring (bicyclic) bond motifs is 1. The maximum Gasteiger partial charge on any atom is 0.306 e. The molecule has 0 radical (unpaired) electrons. The summed E-state index contributed by atoms with van der Waals surface area (Å²) in [4.78, 5) is 17.2. The Bertz CT molecular complexity index is 1200. The molecular weight excluding hydrogens is 426 g/mol. The summed E-state index contributed by atoms with van der Waals surface area (Å²) in [5, 5.41) is 0. The van der Waals surface area contributed by atoms with Gasteiger partial charge in [0.2, 0.25) is 10.0 Å². The number of carbonyl (C=O) groups is 1. The second-order valence-corrected chi connectivity index (χ2v) is 9.54. The molecule has 7 nitrogen and oxygen atoms in total. The Morgan fingerprint density at radius 3 is 2.47 bits per heavy atom. The molecule has 0 fully saturated rings. The second kappa shape index (κ2) is 10.3. The van der Waals surface area contributed by atoms with E-state index >= 15 is 0 Å². The molecule has 0 saturated heterocycles. The number of hydrogen-bond donors (Lipinski definition) is 0. The number of ether oxygens (including phenoxy) is 1. The molecule has 32 heavy (non-hydrogen) atoms. The van der Waals surface area contributed by atoms with Crippen molar-refractivity contribution in [3.63, 3.8) is 0 Å². The van der Waals surface area contributed by atoms with Crippen molar-refractivity contribution in [1.29, 1.82) is 0 Å². The number of imidazole rings is 1. The fraction of sp³-hybridized carbons (Fsp3) is 0.417. The molecule has 0 aliphatic heterocycles. The van der Waals surface area contributed by atoms with Crippen LogP contribution in [0, 0.1) is 6.92 Å². The predicted molar refractivity (Wildman–Crippen MR) is 125 cm³/mol. The van der Waals surface area contributed by atoms with E-state index in [2.05, 4.69) is 4.98 Å². The zero-order valence-electron chi connectivity index (χ0n) is 19.2. The standard InChI is InChI=1S/C24H31N3O4S/c1-5-26(6-2)32(29,30)20-12-13-22-21(16-20)25-23(27(22)7-3)14-15-24(28)31-17-19-11-9-8-10-18(19)4/h8-13,16H,5-7,14-15,17H2,1-4H3. The molecule has 0 unspecified atom stereocenters. The second-order valence-electron chi connectivity index (χ2n) is 7.60. The van der Waals surface area contributed by atoms with Gasteiger partial charge in [-0.25, -0.2) is 13.4 Å². The van der Waals surface area contributed by atoms with E-state index < -0.39 is 10.0 Å². The summed E-state index contributed by atoms with van der Waals surface area (Å²) in [5.41, 5.74) is 3.55. The molecule has 0 atom stereocenters. The molecule has 0 aliphatic rings. The van der Waals surface area contributed by atoms with Crippen molar-refractivity contribution in [3.8, 4) is 0 Å². The Kier molecular flexibility index (Phi) is 7.69. The van der Waals surface area contributed by atoms with Crippen molar-refractivity contribution in [2.75, 3.05) is 13.1 Å². The number of aryl methyl sites for hydroxylation is 3. The zero-order chi connectivity index (χ0) is 23.3. The van der Waals surface area contributed by atoms with Crippen molar-refractivity contribution in [2.24, 2.45) is 0 Å². The number of carbonyl (C=O) groups excluding carboxylic acids is 1. The van der Waals surface area contributed by atoms with Crippen molar-refractivity contribution < 1.29 is 17.9 Å². The minimum atomic E-state index is -3.56. The minimum Gasteiger partial charge on any atom is -0.461 e. The summed E-state index contributed by atoms with van der Waals surface area (Å²) in [5.74, 6) is 0.459. The van der Waals surface area contributed by atoms with Crippen LogP contribution in [0.1, 0.15) is 44.1 Å². The van der Waals surface area contributed by atoms with Gasteiger partial charge in [0.25, 0.3) is 0 Å². The molecule has 172 valence electrons. The Morgan fingerprint density at radius 1 is 1.09 bits per heavy atom. The first-order valence-electron chi connectivity index (χ1n) is 11.0. The fourth-order valence-corrected chi connectivity index (χ4v) is 5.27. The SMILES string of the molecule is CCN(CC)S(=O)(=O)c1ccc2c(c1)nc(CCC(=O)OCc1ccccc1C)n2CC. The third-order valence-corrected chi connectivity index (χ3v) is 7.71. The van der Waals surface area contributed by atoms with E-state index in [1.54, 1.807) is 18.2 Å². The average Bonchev–Trinajstić information content (AvgIpc) is 3.14. The molecule has 3 rings (SSSR count). The van der Waals surface area contributed by atoms with Crippen LogP contribution in [-0.2, 0) is 39.1 Å². The summed E-state index contributed by atoms with van der Waals surface area (Å²) in [6, 6.07) is 12.9. The highest BCUT2D eigenvalue weighted by Crippen LogP contribution is 2.23. The highest BCUT2D eigenvalue weighted by atomic mass is 32.2. The first-order valence-corrected chi connectivity index (χ1v) is 12.4. The van der Waals surface area contributed by atoms with Crippen molar-refractivity contribution in [2.45, 2.75) is 58.6 Å². The molecule has 0 spiro atoms. The van der Waals surface area contributed by atoms with Gasteiger partial charge in [0.15, 0.2) is 0 Å². The van der Waals surface area contributed by atoms with Gasteiger partial charge < -0.3 is 9.30 Å². The molecule has 1 heterocycles. The summed E-state index contributed by atoms with van der Waals surface area (Å²) in [6.07, 6.45) is 0.632. The Hall–Kier alpha value is -2.71. The number of rotatable bonds is 10. The van der Waals surface area contributed by atoms with E-state index in [1.165, 1.54) is 4.31 Å². The largest absolute Gasteiger partial charge is 0.461 e. The summed E-state index contributed by atoms with van der Waals surface area (Å²) >= 11 is 0. The summed E-state index contributed by atoms with van der Waals surface area (Å²) in [6.45, 7) is 9.38. The first-order chi connectivity index (χ1) is 15.3. The first kappa shape index (κ1) is 23.9. The van der Waals surface area contributed by atoms with Crippen LogP contribution in [-0.4, -0.2) is 41.3 Å². The van der Waals surface area contributed by atoms with Gasteiger partial charge in [-0.3, -0.25) is 4.79 Å². The fourth-order valence-electron chi connectivity index (χ4n) is 3.79. The zero-order valence-corrected chi connectivity index (χ0v) is 20.0. The normalized spacial score (nSPS) is 11.9. The predicted octanol–water partition coefficient (Wildman–Crippen LogP) is 4.07. The van der Waals surface area contributed by atoms with Gasteiger partial charge in [-0.15, -0.1) is 0 Å². The van der Waals surface area contributed by atoms with Gasteiger partial charge in [0, 0.05) is 26.1 Å². The van der Waals surface area contributed by atoms with E-state index in [1.807, 2.05) is 56.5 Å². The van der Waals surface area contributed by atoms with Crippen LogP contribution in [0.15, 0.2) is 47.4 Å². The summed E-state index contributed by atoms with van der Waals surface area (Å²) < 4.78 is 34.6. The lowest BCUT2D eigenvalue weighted by atomic mass is 10.1. The van der Waals surface area contributed by atoms with Crippen LogP contribution >= 0.6 is 0 Å². The molecule has 0 N–H and O–H groups in total. The quantitative estimate of drug-likeness (QED) is 0.429. The minimum absolute atomic E-state index is 0.208. The van der Waals surface area contributed by atoms with Gasteiger partial charge in [-0.1, -0.05) is 38.1 Å². The van der Waals surface area contributed by atoms with Gasteiger partial charge in [-0.05, 0) is 43.2 Å². The Balaban J connectivity index is 1.75. The van der Waals surface area contributed by atoms with E-state index in [-0.39, 0.29) is 23.9 Å². The Morgan fingerprint density at radius 2 is 1.81 bits per heavy atom. The smallest absolute Gasteiger partial charge is 0.306 e. The summed E-state index contributed by atoms with van der Waals surface area (Å²) in [7, 11) is -3.56. The molecule has 0 bridgehead atoms. The van der Waals surface area contributed by atoms with Gasteiger partial charge >= 0.3 is 5.97 Å². The van der Waals surface area contributed by atoms with E-state index in [4.69, 9.17) is 4.74 Å². The van der Waals surface area contributed by atoms with Gasteiger partial charge in [0.1, 0.15) is 12.4 Å². The molecular formula is C24H31N3O4S. The third kappa shape index (κ3) is 5.02. The van der Waals surface area contributed by atoms with Gasteiger partial charge in [-0.2, -0.15) is 4.31 Å². The molecule has 8 heteroatoms. The number of hydrogen-bond acceptors (Lipinski definition) is 5. The number of benzene rings is 2. The number of esters is 1. The molecule has 2 aromatic carbocycles. The van der Waals surface area contributed by atoms with E-state index in [0.29, 0.717) is 31.6 Å². The number of aromatic nitrogens is 2. The monoisotopic (exact) mass is 457 g/mol. The lowest BCUT2D eigenvalue weighted by molar-refractivity contribution is -0.144. The molecule has 3 aromatic rings. The van der Waals surface area contributed by atoms with Crippen LogP contribution in [0.2, 0.25) is 0 Å². The van der Waals surface area contributed by atoms with Crippen LogP contribution < -0.4 is 0 Å². The van der Waals surface area contributed by atoms with Gasteiger partial charge in [0.05, 0.1) is 22.3 Å². The molecule has 0 amide bonds. The van der Waals surface area contributed by atoms with E-state index in [9.17, 15) is 13.2 Å². The molecule has 1 aromatic heterocycles. The third-order valence-electron chi connectivity index (χ3n) is 5.66. The molecule has 0 saturated carbocycles. The molecule has 0 aliphatic carbocycles. The van der Waals surface area contributed by atoms with Crippen LogP contribution in [0.4, 0.5) is 0 Å². The van der Waals surface area contributed by atoms with Crippen LogP contribution in [0.25, 0.3) is 11.0 Å². The maximum atomic E-state index is 12.9. The highest BCUT2D eigenvalue weighted by molar-refractivity contribution is 7.89. The Labute approximate surface area is 190 Å². The van der Waals surface area contributed by atoms with Crippen molar-refractivity contribution in [1.82, 2.24) is 13.9 Å². The topological polar surface area (TPSA) is 81.5 Å². The average molecular weight is 458 g/mol. The van der Waals surface area contributed by atoms with Crippen molar-refractivity contribution >= 4 is 27.0 Å². The highest BCUT2D eigenvalue weighted by Gasteiger charge is 2.23. The van der Waals surface area contributed by atoms with E-state index in [0.717, 1.165) is 22.5 Å². The number of nitrogens with zero attached hydrogens (tertiary/aromatic N) is 3. The van der Waals surface area contributed by atoms with Crippen molar-refractivity contribution in [3.05, 3.63) is 59.4 Å². The van der Waals surface area contributed by atoms with Crippen LogP contribution in [0.3, 0.4) is 0 Å². The lowest BCUT2D eigenvalue weighted by Gasteiger charge is -2.18. The lowest BCUT2D eigenvalue weighted by Crippen LogP contribution is -2.30. The number of sulfonamides is 1. The maximum absolute atomic E-state index is 12.9. The van der Waals surface area contributed by atoms with Crippen LogP contribution in [0.5, 0.6) is 0 Å².